The minimum Gasteiger partial charge on any atom is -0.494 e. The Balaban J connectivity index is 2.13. The van der Waals surface area contributed by atoms with Crippen molar-refractivity contribution in [1.29, 1.82) is 0 Å². The van der Waals surface area contributed by atoms with E-state index in [0.717, 1.165) is 16.6 Å². The molecule has 0 saturated carbocycles. The second-order valence-electron chi connectivity index (χ2n) is 5.84. The maximum atomic E-state index is 12.2. The number of aromatic amines is 1. The molecular formula is C19H19N3O2. The van der Waals surface area contributed by atoms with Crippen LogP contribution in [0.4, 0.5) is 5.69 Å². The largest absolute Gasteiger partial charge is 0.494 e. The number of para-hydroxylation sites is 1. The molecule has 5 heteroatoms. The van der Waals surface area contributed by atoms with E-state index in [2.05, 4.69) is 9.98 Å². The van der Waals surface area contributed by atoms with Gasteiger partial charge in [0.25, 0.3) is 5.91 Å². The summed E-state index contributed by atoms with van der Waals surface area (Å²) < 4.78 is 0. The topological polar surface area (TPSA) is 68.7 Å². The monoisotopic (exact) mass is 321 g/mol. The van der Waals surface area contributed by atoms with Gasteiger partial charge in [-0.2, -0.15) is 0 Å². The zero-order valence-electron chi connectivity index (χ0n) is 13.9. The van der Waals surface area contributed by atoms with E-state index >= 15 is 0 Å². The number of hydrogen-bond donors (Lipinski definition) is 2. The van der Waals surface area contributed by atoms with Gasteiger partial charge in [0.1, 0.15) is 0 Å². The molecule has 3 aromatic rings. The average Bonchev–Trinajstić information content (AvgIpc) is 2.89. The highest BCUT2D eigenvalue weighted by Gasteiger charge is 2.16. The molecule has 1 amide bonds. The van der Waals surface area contributed by atoms with Gasteiger partial charge in [0.2, 0.25) is 0 Å². The lowest BCUT2D eigenvalue weighted by molar-refractivity contribution is 0.0828. The molecule has 24 heavy (non-hydrogen) atoms. The fraction of sp³-hybridized carbons (Fsp3) is 0.158. The number of rotatable bonds is 3. The van der Waals surface area contributed by atoms with Crippen LogP contribution < -0.4 is 0 Å². The average molecular weight is 321 g/mol. The smallest absolute Gasteiger partial charge is 0.253 e. The summed E-state index contributed by atoms with van der Waals surface area (Å²) in [4.78, 5) is 21.2. The maximum Gasteiger partial charge on any atom is 0.253 e. The normalized spacial score (nSPS) is 11.7. The van der Waals surface area contributed by atoms with Crippen LogP contribution in [0.5, 0.6) is 5.88 Å². The molecule has 0 fully saturated rings. The molecule has 0 aliphatic rings. The standard InChI is InChI=1S/C19H19N3O2/c1-12(20-14-7-5-4-6-8-14)17-15-11-13(19(24)22(2)3)9-10-16(15)21-18(17)23/h4-11,21,23H,1-3H3. The van der Waals surface area contributed by atoms with E-state index in [1.807, 2.05) is 37.3 Å². The van der Waals surface area contributed by atoms with Gasteiger partial charge in [0.15, 0.2) is 5.88 Å². The molecule has 1 heterocycles. The quantitative estimate of drug-likeness (QED) is 0.722. The predicted molar refractivity (Wildman–Crippen MR) is 96.3 cm³/mol. The third-order valence-corrected chi connectivity index (χ3v) is 3.85. The molecule has 0 atom stereocenters. The highest BCUT2D eigenvalue weighted by molar-refractivity contribution is 6.13. The summed E-state index contributed by atoms with van der Waals surface area (Å²) >= 11 is 0. The van der Waals surface area contributed by atoms with E-state index in [9.17, 15) is 9.90 Å². The molecule has 5 nitrogen and oxygen atoms in total. The van der Waals surface area contributed by atoms with E-state index in [4.69, 9.17) is 0 Å². The number of aromatic nitrogens is 1. The molecule has 3 rings (SSSR count). The van der Waals surface area contributed by atoms with Crippen LogP contribution in [0.15, 0.2) is 53.5 Å². The van der Waals surface area contributed by atoms with Gasteiger partial charge in [-0.05, 0) is 37.3 Å². The van der Waals surface area contributed by atoms with Crippen LogP contribution in [0.2, 0.25) is 0 Å². The number of nitrogens with zero attached hydrogens (tertiary/aromatic N) is 2. The van der Waals surface area contributed by atoms with Crippen LogP contribution >= 0.6 is 0 Å². The Bertz CT molecular complexity index is 924. The van der Waals surface area contributed by atoms with E-state index in [0.29, 0.717) is 16.8 Å². The minimum atomic E-state index is -0.0822. The molecule has 122 valence electrons. The van der Waals surface area contributed by atoms with Crippen LogP contribution in [-0.4, -0.2) is 40.7 Å². The summed E-state index contributed by atoms with van der Waals surface area (Å²) in [7, 11) is 3.42. The third kappa shape index (κ3) is 2.88. The fourth-order valence-electron chi connectivity index (χ4n) is 2.69. The lowest BCUT2D eigenvalue weighted by Gasteiger charge is -2.10. The van der Waals surface area contributed by atoms with Crippen LogP contribution in [0.25, 0.3) is 10.9 Å². The fourth-order valence-corrected chi connectivity index (χ4v) is 2.69. The summed E-state index contributed by atoms with van der Waals surface area (Å²) in [5.41, 5.74) is 3.44. The van der Waals surface area contributed by atoms with Crippen LogP contribution in [-0.2, 0) is 0 Å². The van der Waals surface area contributed by atoms with Crippen LogP contribution in [0.1, 0.15) is 22.8 Å². The molecule has 2 N–H and O–H groups in total. The number of hydrogen-bond acceptors (Lipinski definition) is 3. The van der Waals surface area contributed by atoms with Gasteiger partial charge >= 0.3 is 0 Å². The van der Waals surface area contributed by atoms with Crippen molar-refractivity contribution in [2.24, 2.45) is 4.99 Å². The summed E-state index contributed by atoms with van der Waals surface area (Å²) in [5.74, 6) is -0.0298. The first-order chi connectivity index (χ1) is 11.5. The Labute approximate surface area is 140 Å². The van der Waals surface area contributed by atoms with Crippen molar-refractivity contribution in [3.63, 3.8) is 0 Å². The van der Waals surface area contributed by atoms with Gasteiger partial charge in [-0.15, -0.1) is 0 Å². The Morgan fingerprint density at radius 1 is 1.12 bits per heavy atom. The summed E-state index contributed by atoms with van der Waals surface area (Å²) in [6, 6.07) is 14.9. The highest BCUT2D eigenvalue weighted by Crippen LogP contribution is 2.30. The molecule has 0 unspecified atom stereocenters. The van der Waals surface area contributed by atoms with Crippen molar-refractivity contribution >= 4 is 28.2 Å². The SMILES string of the molecule is CC(=Nc1ccccc1)c1c(O)[nH]c2ccc(C(=O)N(C)C)cc12. The van der Waals surface area contributed by atoms with Gasteiger partial charge in [-0.3, -0.25) is 9.79 Å². The van der Waals surface area contributed by atoms with Gasteiger partial charge in [0.05, 0.1) is 17.0 Å². The van der Waals surface area contributed by atoms with Gasteiger partial charge in [0, 0.05) is 30.6 Å². The van der Waals surface area contributed by atoms with Gasteiger partial charge in [-0.25, -0.2) is 0 Å². The molecule has 0 aliphatic carbocycles. The molecule has 0 aliphatic heterocycles. The van der Waals surface area contributed by atoms with Crippen molar-refractivity contribution < 1.29 is 9.90 Å². The lowest BCUT2D eigenvalue weighted by Crippen LogP contribution is -2.21. The van der Waals surface area contributed by atoms with E-state index < -0.39 is 0 Å². The van der Waals surface area contributed by atoms with E-state index in [-0.39, 0.29) is 11.8 Å². The Morgan fingerprint density at radius 3 is 2.50 bits per heavy atom. The Kier molecular flexibility index (Phi) is 4.08. The molecule has 1 aromatic heterocycles. The van der Waals surface area contributed by atoms with Crippen LogP contribution in [0, 0.1) is 0 Å². The zero-order chi connectivity index (χ0) is 17.3. The number of amides is 1. The number of benzene rings is 2. The summed E-state index contributed by atoms with van der Waals surface area (Å²) in [5, 5.41) is 11.1. The summed E-state index contributed by atoms with van der Waals surface area (Å²) in [6.07, 6.45) is 0. The maximum absolute atomic E-state index is 12.2. The zero-order valence-corrected chi connectivity index (χ0v) is 13.9. The first-order valence-corrected chi connectivity index (χ1v) is 7.64. The van der Waals surface area contributed by atoms with E-state index in [1.54, 1.807) is 32.3 Å². The number of carbonyl (C=O) groups is 1. The highest BCUT2D eigenvalue weighted by atomic mass is 16.3. The second kappa shape index (κ2) is 6.20. The molecule has 2 aromatic carbocycles. The number of fused-ring (bicyclic) bond motifs is 1. The number of H-pyrrole nitrogens is 1. The molecule has 0 radical (unpaired) electrons. The van der Waals surface area contributed by atoms with Crippen molar-refractivity contribution in [1.82, 2.24) is 9.88 Å². The molecule has 0 bridgehead atoms. The number of aromatic hydroxyl groups is 1. The van der Waals surface area contributed by atoms with Crippen molar-refractivity contribution in [2.75, 3.05) is 14.1 Å². The van der Waals surface area contributed by atoms with Crippen LogP contribution in [0.3, 0.4) is 0 Å². The van der Waals surface area contributed by atoms with Crippen molar-refractivity contribution in [2.45, 2.75) is 6.92 Å². The molecular weight excluding hydrogens is 302 g/mol. The third-order valence-electron chi connectivity index (χ3n) is 3.85. The number of aliphatic imine (C=N–C) groups is 1. The lowest BCUT2D eigenvalue weighted by atomic mass is 10.1. The number of nitrogens with one attached hydrogen (secondary N) is 1. The van der Waals surface area contributed by atoms with Crippen molar-refractivity contribution in [3.8, 4) is 5.88 Å². The molecule has 0 saturated heterocycles. The summed E-state index contributed by atoms with van der Waals surface area (Å²) in [6.45, 7) is 1.84. The van der Waals surface area contributed by atoms with Crippen molar-refractivity contribution in [3.05, 3.63) is 59.7 Å². The predicted octanol–water partition coefficient (Wildman–Crippen LogP) is 3.72. The number of carbonyl (C=O) groups excluding carboxylic acids is 1. The van der Waals surface area contributed by atoms with Gasteiger partial charge in [-0.1, -0.05) is 18.2 Å². The van der Waals surface area contributed by atoms with Gasteiger partial charge < -0.3 is 15.0 Å². The minimum absolute atomic E-state index is 0.0524. The Hall–Kier alpha value is -3.08. The first-order valence-electron chi connectivity index (χ1n) is 7.64. The first kappa shape index (κ1) is 15.8. The van der Waals surface area contributed by atoms with E-state index in [1.165, 1.54) is 4.90 Å². The Morgan fingerprint density at radius 2 is 1.83 bits per heavy atom. The molecule has 0 spiro atoms. The second-order valence-corrected chi connectivity index (χ2v) is 5.84.